The Bertz CT molecular complexity index is 323. The highest BCUT2D eigenvalue weighted by atomic mass is 79.9. The van der Waals surface area contributed by atoms with E-state index in [1.165, 1.54) is 0 Å². The van der Waals surface area contributed by atoms with Crippen LogP contribution < -0.4 is 0 Å². The second kappa shape index (κ2) is 4.77. The summed E-state index contributed by atoms with van der Waals surface area (Å²) in [5, 5.41) is 1.12. The second-order valence-electron chi connectivity index (χ2n) is 2.93. The number of halogens is 2. The summed E-state index contributed by atoms with van der Waals surface area (Å²) in [5.74, 6) is 0.167. The maximum atomic E-state index is 11.1. The quantitative estimate of drug-likeness (QED) is 0.764. The van der Waals surface area contributed by atoms with Gasteiger partial charge in [0, 0.05) is 11.4 Å². The molecule has 0 N–H and O–H groups in total. The Balaban J connectivity index is 2.79. The van der Waals surface area contributed by atoms with Crippen LogP contribution in [0.1, 0.15) is 11.1 Å². The van der Waals surface area contributed by atoms with Crippen LogP contribution >= 0.6 is 27.5 Å². The predicted octanol–water partition coefficient (Wildman–Crippen LogP) is 3.15. The Morgan fingerprint density at radius 2 is 2.23 bits per heavy atom. The summed E-state index contributed by atoms with van der Waals surface area (Å²) in [7, 11) is 0. The first-order valence-electron chi connectivity index (χ1n) is 3.96. The molecule has 0 saturated carbocycles. The molecule has 0 radical (unpaired) electrons. The minimum Gasteiger partial charge on any atom is -0.298 e. The molecule has 1 aromatic carbocycles. The Kier molecular flexibility index (Phi) is 3.94. The summed E-state index contributed by atoms with van der Waals surface area (Å²) in [6.45, 7) is 1.94. The summed E-state index contributed by atoms with van der Waals surface area (Å²) in [6.07, 6.45) is 0.450. The Labute approximate surface area is 91.2 Å². The van der Waals surface area contributed by atoms with E-state index in [1.54, 1.807) is 0 Å². The molecule has 0 aliphatic heterocycles. The van der Waals surface area contributed by atoms with Gasteiger partial charge in [-0.05, 0) is 24.1 Å². The zero-order valence-electron chi connectivity index (χ0n) is 7.31. The lowest BCUT2D eigenvalue weighted by molar-refractivity contribution is -0.115. The predicted molar refractivity (Wildman–Crippen MR) is 58.7 cm³/mol. The number of rotatable bonds is 3. The SMILES string of the molecule is Cc1ccc(CC(=O)CBr)cc1Cl. The normalized spacial score (nSPS) is 10.1. The van der Waals surface area contributed by atoms with Gasteiger partial charge in [0.1, 0.15) is 5.78 Å². The largest absolute Gasteiger partial charge is 0.298 e. The van der Waals surface area contributed by atoms with Crippen molar-refractivity contribution in [3.63, 3.8) is 0 Å². The molecule has 0 aromatic heterocycles. The van der Waals surface area contributed by atoms with Crippen LogP contribution in [0.4, 0.5) is 0 Å². The molecule has 0 unspecified atom stereocenters. The number of carbonyl (C=O) groups is 1. The Hall–Kier alpha value is -0.340. The number of hydrogen-bond donors (Lipinski definition) is 0. The molecule has 0 amide bonds. The number of carbonyl (C=O) groups excluding carboxylic acids is 1. The molecule has 0 aliphatic carbocycles. The van der Waals surface area contributed by atoms with E-state index in [9.17, 15) is 4.79 Å². The van der Waals surface area contributed by atoms with Crippen LogP contribution in [-0.2, 0) is 11.2 Å². The van der Waals surface area contributed by atoms with E-state index < -0.39 is 0 Å². The second-order valence-corrected chi connectivity index (χ2v) is 3.90. The lowest BCUT2D eigenvalue weighted by Gasteiger charge is -2.01. The zero-order valence-corrected chi connectivity index (χ0v) is 9.65. The molecule has 0 aliphatic rings. The van der Waals surface area contributed by atoms with Crippen LogP contribution in [0.3, 0.4) is 0 Å². The van der Waals surface area contributed by atoms with Gasteiger partial charge in [-0.25, -0.2) is 0 Å². The molecule has 13 heavy (non-hydrogen) atoms. The van der Waals surface area contributed by atoms with Crippen molar-refractivity contribution in [1.29, 1.82) is 0 Å². The highest BCUT2D eigenvalue weighted by Gasteiger charge is 2.03. The fourth-order valence-electron chi connectivity index (χ4n) is 1.02. The number of hydrogen-bond acceptors (Lipinski definition) is 1. The molecule has 1 rings (SSSR count). The van der Waals surface area contributed by atoms with Crippen LogP contribution in [0.5, 0.6) is 0 Å². The highest BCUT2D eigenvalue weighted by molar-refractivity contribution is 9.09. The van der Waals surface area contributed by atoms with Crippen molar-refractivity contribution in [2.24, 2.45) is 0 Å². The summed E-state index contributed by atoms with van der Waals surface area (Å²) < 4.78 is 0. The monoisotopic (exact) mass is 260 g/mol. The lowest BCUT2D eigenvalue weighted by Crippen LogP contribution is -2.03. The number of ketones is 1. The van der Waals surface area contributed by atoms with Gasteiger partial charge in [-0.3, -0.25) is 4.79 Å². The van der Waals surface area contributed by atoms with Gasteiger partial charge < -0.3 is 0 Å². The van der Waals surface area contributed by atoms with Crippen molar-refractivity contribution in [1.82, 2.24) is 0 Å². The minimum atomic E-state index is 0.167. The van der Waals surface area contributed by atoms with E-state index >= 15 is 0 Å². The maximum Gasteiger partial charge on any atom is 0.147 e. The van der Waals surface area contributed by atoms with Crippen LogP contribution in [0, 0.1) is 6.92 Å². The van der Waals surface area contributed by atoms with Crippen LogP contribution in [0.15, 0.2) is 18.2 Å². The molecule has 0 atom stereocenters. The molecule has 0 spiro atoms. The van der Waals surface area contributed by atoms with Crippen molar-refractivity contribution < 1.29 is 4.79 Å². The first-order chi connectivity index (χ1) is 6.13. The average Bonchev–Trinajstić information content (AvgIpc) is 2.11. The van der Waals surface area contributed by atoms with Gasteiger partial charge in [-0.2, -0.15) is 0 Å². The molecule has 0 saturated heterocycles. The number of alkyl halides is 1. The average molecular weight is 262 g/mol. The fraction of sp³-hybridized carbons (Fsp3) is 0.300. The van der Waals surface area contributed by atoms with Crippen LogP contribution in [0.2, 0.25) is 5.02 Å². The van der Waals surface area contributed by atoms with Gasteiger partial charge in [0.05, 0.1) is 5.33 Å². The molecule has 70 valence electrons. The maximum absolute atomic E-state index is 11.1. The summed E-state index contributed by atoms with van der Waals surface area (Å²) in [6, 6.07) is 5.71. The minimum absolute atomic E-state index is 0.167. The van der Waals surface area contributed by atoms with Gasteiger partial charge in [0.15, 0.2) is 0 Å². The topological polar surface area (TPSA) is 17.1 Å². The third-order valence-electron chi connectivity index (χ3n) is 1.79. The van der Waals surface area contributed by atoms with Crippen molar-refractivity contribution >= 4 is 33.3 Å². The van der Waals surface area contributed by atoms with E-state index in [1.807, 2.05) is 25.1 Å². The summed E-state index contributed by atoms with van der Waals surface area (Å²) in [5.41, 5.74) is 2.01. The van der Waals surface area contributed by atoms with Gasteiger partial charge in [-0.15, -0.1) is 0 Å². The molecule has 0 heterocycles. The smallest absolute Gasteiger partial charge is 0.147 e. The van der Waals surface area contributed by atoms with Crippen LogP contribution in [-0.4, -0.2) is 11.1 Å². The molecule has 0 bridgehead atoms. The molecule has 1 aromatic rings. The van der Waals surface area contributed by atoms with Crippen molar-refractivity contribution in [3.8, 4) is 0 Å². The van der Waals surface area contributed by atoms with Crippen molar-refractivity contribution in [2.45, 2.75) is 13.3 Å². The Morgan fingerprint density at radius 3 is 2.77 bits per heavy atom. The van der Waals surface area contributed by atoms with E-state index in [0.717, 1.165) is 16.1 Å². The first kappa shape index (κ1) is 10.7. The molecule has 3 heteroatoms. The summed E-state index contributed by atoms with van der Waals surface area (Å²) in [4.78, 5) is 11.1. The molecule has 0 fully saturated rings. The molecular weight excluding hydrogens is 251 g/mol. The number of Topliss-reactive ketones (excluding diaryl/α,β-unsaturated/α-hetero) is 1. The van der Waals surface area contributed by atoms with Crippen LogP contribution in [0.25, 0.3) is 0 Å². The highest BCUT2D eigenvalue weighted by Crippen LogP contribution is 2.17. The van der Waals surface area contributed by atoms with E-state index in [-0.39, 0.29) is 5.78 Å². The number of aryl methyl sites for hydroxylation is 1. The van der Waals surface area contributed by atoms with Gasteiger partial charge >= 0.3 is 0 Å². The van der Waals surface area contributed by atoms with Gasteiger partial charge in [-0.1, -0.05) is 39.7 Å². The van der Waals surface area contributed by atoms with E-state index in [0.29, 0.717) is 11.8 Å². The third-order valence-corrected chi connectivity index (χ3v) is 2.82. The fourth-order valence-corrected chi connectivity index (χ4v) is 1.42. The van der Waals surface area contributed by atoms with Crippen molar-refractivity contribution in [3.05, 3.63) is 34.3 Å². The first-order valence-corrected chi connectivity index (χ1v) is 5.46. The van der Waals surface area contributed by atoms with Gasteiger partial charge in [0.25, 0.3) is 0 Å². The zero-order chi connectivity index (χ0) is 9.84. The lowest BCUT2D eigenvalue weighted by atomic mass is 10.1. The number of benzene rings is 1. The molecule has 1 nitrogen and oxygen atoms in total. The standard InChI is InChI=1S/C10H10BrClO/c1-7-2-3-8(5-10(7)12)4-9(13)6-11/h2-3,5H,4,6H2,1H3. The summed E-state index contributed by atoms with van der Waals surface area (Å²) >= 11 is 9.04. The third kappa shape index (κ3) is 3.12. The van der Waals surface area contributed by atoms with E-state index in [4.69, 9.17) is 11.6 Å². The molecular formula is C10H10BrClO. The van der Waals surface area contributed by atoms with Gasteiger partial charge in [0.2, 0.25) is 0 Å². The van der Waals surface area contributed by atoms with Crippen molar-refractivity contribution in [2.75, 3.05) is 5.33 Å². The Morgan fingerprint density at radius 1 is 1.54 bits per heavy atom. The van der Waals surface area contributed by atoms with E-state index in [2.05, 4.69) is 15.9 Å².